The number of aromatic nitrogens is 10. The number of nitrogens with zero attached hydrogens (tertiary/aromatic N) is 10. The van der Waals surface area contributed by atoms with Gasteiger partial charge in [0.15, 0.2) is 10.8 Å². The maximum Gasteiger partial charge on any atom is 0.162 e. The molecule has 0 aromatic carbocycles. The van der Waals surface area contributed by atoms with Crippen molar-refractivity contribution in [2.24, 2.45) is 0 Å². The number of hydrogen-bond donors (Lipinski definition) is 0. The number of rotatable bonds is 6. The Hall–Kier alpha value is -3.34. The van der Waals surface area contributed by atoms with Gasteiger partial charge in [-0.25, -0.2) is 16.0 Å². The topological polar surface area (TPSA) is 97.1 Å². The summed E-state index contributed by atoms with van der Waals surface area (Å²) in [4.78, 5) is 10.9. The fourth-order valence-corrected chi connectivity index (χ4v) is 7.04. The molecule has 0 aliphatic rings. The van der Waals surface area contributed by atoms with Crippen LogP contribution in [0.2, 0.25) is 0 Å². The van der Waals surface area contributed by atoms with Gasteiger partial charge in [0.05, 0.1) is 24.8 Å². The molecule has 13 heteroatoms. The SMILES string of the molecule is Cc1[c-]c(Cc2ncccn2)c(C)s1.[Pt].c1cnn(S(n2cccn2)(n2cccn2)n2cccn2)c1. The molecule has 0 spiro atoms. The summed E-state index contributed by atoms with van der Waals surface area (Å²) in [6, 6.07) is 12.7. The van der Waals surface area contributed by atoms with E-state index >= 15 is 0 Å². The Kier molecular flexibility index (Phi) is 8.29. The zero-order valence-electron chi connectivity index (χ0n) is 19.5. The predicted octanol–water partition coefficient (Wildman–Crippen LogP) is 3.97. The fourth-order valence-electron chi connectivity index (χ4n) is 3.48. The smallest absolute Gasteiger partial charge is 0.162 e. The van der Waals surface area contributed by atoms with E-state index in [1.807, 2.05) is 71.5 Å². The number of hydrogen-bond acceptors (Lipinski definition) is 7. The normalized spacial score (nSPS) is 11.4. The van der Waals surface area contributed by atoms with Crippen LogP contribution in [0, 0.1) is 19.9 Å². The summed E-state index contributed by atoms with van der Waals surface area (Å²) < 4.78 is 7.33. The molecule has 0 unspecified atom stereocenters. The first-order chi connectivity index (χ1) is 17.2. The van der Waals surface area contributed by atoms with Crippen molar-refractivity contribution >= 4 is 22.1 Å². The van der Waals surface area contributed by atoms with Crippen molar-refractivity contribution in [2.75, 3.05) is 0 Å². The second kappa shape index (κ2) is 11.6. The van der Waals surface area contributed by atoms with Crippen molar-refractivity contribution in [1.82, 2.24) is 46.7 Å². The van der Waals surface area contributed by atoms with E-state index in [1.54, 1.807) is 48.5 Å². The molecule has 0 N–H and O–H groups in total. The number of aryl methyl sites for hydroxylation is 2. The van der Waals surface area contributed by atoms with E-state index in [0.29, 0.717) is 0 Å². The molecule has 0 aliphatic carbocycles. The van der Waals surface area contributed by atoms with Gasteiger partial charge in [-0.15, -0.1) is 9.75 Å². The van der Waals surface area contributed by atoms with E-state index in [2.05, 4.69) is 50.3 Å². The zero-order valence-corrected chi connectivity index (χ0v) is 23.4. The molecular formula is C23H23N10PtS2-. The van der Waals surface area contributed by atoms with Crippen LogP contribution in [0.5, 0.6) is 0 Å². The molecule has 0 amide bonds. The summed E-state index contributed by atoms with van der Waals surface area (Å²) >= 11 is 1.78. The maximum atomic E-state index is 4.43. The van der Waals surface area contributed by atoms with Crippen molar-refractivity contribution in [3.8, 4) is 0 Å². The van der Waals surface area contributed by atoms with Gasteiger partial charge in [0.2, 0.25) is 0 Å². The Morgan fingerprint density at radius 1 is 0.694 bits per heavy atom. The van der Waals surface area contributed by atoms with Gasteiger partial charge in [-0.1, -0.05) is 6.92 Å². The molecule has 6 rings (SSSR count). The molecule has 10 nitrogen and oxygen atoms in total. The third-order valence-corrected chi connectivity index (χ3v) is 8.77. The molecule has 188 valence electrons. The molecule has 0 saturated heterocycles. The molecule has 36 heavy (non-hydrogen) atoms. The van der Waals surface area contributed by atoms with Gasteiger partial charge in [0.25, 0.3) is 0 Å². The van der Waals surface area contributed by atoms with Crippen LogP contribution in [0.1, 0.15) is 21.1 Å². The first kappa shape index (κ1) is 25.7. The van der Waals surface area contributed by atoms with Gasteiger partial charge in [0.1, 0.15) is 5.82 Å². The summed E-state index contributed by atoms with van der Waals surface area (Å²) in [7, 11) is -2.12. The Balaban J connectivity index is 0.000000178. The molecular weight excluding hydrogens is 676 g/mol. The van der Waals surface area contributed by atoms with Gasteiger partial charge < -0.3 is 0 Å². The minimum absolute atomic E-state index is 0. The molecule has 0 saturated carbocycles. The summed E-state index contributed by atoms with van der Waals surface area (Å²) in [6.07, 6.45) is 18.8. The van der Waals surface area contributed by atoms with E-state index < -0.39 is 10.8 Å². The molecule has 0 radical (unpaired) electrons. The van der Waals surface area contributed by atoms with E-state index in [9.17, 15) is 0 Å². The number of thiophene rings is 1. The van der Waals surface area contributed by atoms with E-state index in [1.165, 1.54) is 15.3 Å². The minimum Gasteiger partial charge on any atom is -0.267 e. The van der Waals surface area contributed by atoms with Crippen molar-refractivity contribution in [3.05, 3.63) is 120 Å². The van der Waals surface area contributed by atoms with Crippen molar-refractivity contribution < 1.29 is 21.1 Å². The molecule has 6 aromatic heterocycles. The third kappa shape index (κ3) is 5.11. The summed E-state index contributed by atoms with van der Waals surface area (Å²) in [6.45, 7) is 4.19. The second-order valence-electron chi connectivity index (χ2n) is 7.28. The molecule has 0 fully saturated rings. The summed E-state index contributed by atoms with van der Waals surface area (Å²) in [5.41, 5.74) is 1.22. The quantitative estimate of drug-likeness (QED) is 0.245. The molecule has 0 aliphatic heterocycles. The zero-order chi connectivity index (χ0) is 24.1. The van der Waals surface area contributed by atoms with Crippen LogP contribution in [-0.2, 0) is 27.5 Å². The maximum absolute atomic E-state index is 4.43. The van der Waals surface area contributed by atoms with Crippen molar-refractivity contribution in [3.63, 3.8) is 0 Å². The van der Waals surface area contributed by atoms with E-state index in [-0.39, 0.29) is 21.1 Å². The Morgan fingerprint density at radius 2 is 1.14 bits per heavy atom. The first-order valence-corrected chi connectivity index (χ1v) is 13.0. The van der Waals surface area contributed by atoms with Crippen LogP contribution in [0.25, 0.3) is 0 Å². The van der Waals surface area contributed by atoms with Crippen molar-refractivity contribution in [2.45, 2.75) is 20.3 Å². The predicted molar refractivity (Wildman–Crippen MR) is 136 cm³/mol. The summed E-state index contributed by atoms with van der Waals surface area (Å²) in [5.74, 6) is 0.865. The van der Waals surface area contributed by atoms with Gasteiger partial charge >= 0.3 is 0 Å². The Labute approximate surface area is 228 Å². The first-order valence-electron chi connectivity index (χ1n) is 10.8. The molecule has 6 aromatic rings. The van der Waals surface area contributed by atoms with Crippen LogP contribution in [0.4, 0.5) is 0 Å². The standard InChI is InChI=1S/C12H12N8S.C11H11N2S.Pt/c1-5-13-17(9-1)21(18-10-2-6-14-18,19-11-3-7-15-19)20-12-4-8-16-20;1-8-6-10(9(2)14-8)7-11-12-4-3-5-13-11;/h1-12H;3-5H,7H2,1-2H3;/q;-1;. The average Bonchev–Trinajstić information content (AvgIpc) is 3.68. The van der Waals surface area contributed by atoms with Crippen LogP contribution >= 0.6 is 22.1 Å². The van der Waals surface area contributed by atoms with E-state index in [4.69, 9.17) is 0 Å². The van der Waals surface area contributed by atoms with Crippen molar-refractivity contribution in [1.29, 1.82) is 0 Å². The van der Waals surface area contributed by atoms with Crippen LogP contribution in [0.15, 0.2) is 92.3 Å². The van der Waals surface area contributed by atoms with Gasteiger partial charge in [-0.3, -0.25) is 11.3 Å². The Morgan fingerprint density at radius 3 is 1.47 bits per heavy atom. The molecule has 0 bridgehead atoms. The summed E-state index contributed by atoms with van der Waals surface area (Å²) in [5, 5.41) is 17.7. The molecule has 0 atom stereocenters. The Bertz CT molecular complexity index is 1290. The average molecular weight is 699 g/mol. The largest absolute Gasteiger partial charge is 0.267 e. The fraction of sp³-hybridized carbons (Fsp3) is 0.130. The molecule has 6 heterocycles. The monoisotopic (exact) mass is 698 g/mol. The van der Waals surface area contributed by atoms with Gasteiger partial charge in [-0.2, -0.15) is 42.3 Å². The third-order valence-electron chi connectivity index (χ3n) is 4.94. The van der Waals surface area contributed by atoms with Crippen LogP contribution in [0.3, 0.4) is 0 Å². The van der Waals surface area contributed by atoms with Crippen LogP contribution in [-0.4, -0.2) is 46.7 Å². The van der Waals surface area contributed by atoms with Crippen LogP contribution < -0.4 is 0 Å². The second-order valence-corrected chi connectivity index (χ2v) is 11.2. The minimum atomic E-state index is -2.12. The van der Waals surface area contributed by atoms with Gasteiger partial charge in [-0.05, 0) is 37.3 Å². The van der Waals surface area contributed by atoms with E-state index in [0.717, 1.165) is 12.2 Å². The van der Waals surface area contributed by atoms with Gasteiger partial charge in [0, 0.05) is 64.7 Å².